The van der Waals surface area contributed by atoms with Gasteiger partial charge in [0.25, 0.3) is 0 Å². The van der Waals surface area contributed by atoms with E-state index in [1.54, 1.807) is 7.11 Å². The zero-order valence-electron chi connectivity index (χ0n) is 12.6. The maximum Gasteiger partial charge on any atom is 0.223 e. The second-order valence-corrected chi connectivity index (χ2v) is 5.11. The molecule has 20 heavy (non-hydrogen) atoms. The van der Waals surface area contributed by atoms with E-state index in [0.29, 0.717) is 19.4 Å². The Labute approximate surface area is 121 Å². The number of benzene rings is 1. The third-order valence-corrected chi connectivity index (χ3v) is 3.29. The molecular formula is C16H25NO3. The summed E-state index contributed by atoms with van der Waals surface area (Å²) >= 11 is 0. The number of carbonyl (C=O) groups excluding carboxylic acids is 1. The number of hydrogen-bond donors (Lipinski definition) is 1. The van der Waals surface area contributed by atoms with E-state index in [-0.39, 0.29) is 18.6 Å². The molecule has 0 saturated heterocycles. The first-order valence-electron chi connectivity index (χ1n) is 7.11. The molecule has 0 saturated carbocycles. The highest BCUT2D eigenvalue weighted by Crippen LogP contribution is 2.13. The van der Waals surface area contributed by atoms with Gasteiger partial charge in [-0.1, -0.05) is 12.1 Å². The van der Waals surface area contributed by atoms with Crippen molar-refractivity contribution in [1.82, 2.24) is 4.90 Å². The van der Waals surface area contributed by atoms with Crippen molar-refractivity contribution in [3.8, 4) is 5.75 Å². The van der Waals surface area contributed by atoms with E-state index in [4.69, 9.17) is 9.84 Å². The van der Waals surface area contributed by atoms with Crippen LogP contribution in [0.1, 0.15) is 32.3 Å². The molecule has 0 fully saturated rings. The molecule has 1 aromatic rings. The summed E-state index contributed by atoms with van der Waals surface area (Å²) in [5, 5.41) is 8.89. The van der Waals surface area contributed by atoms with E-state index >= 15 is 0 Å². The number of hydrogen-bond acceptors (Lipinski definition) is 3. The molecule has 0 aliphatic carbocycles. The number of aryl methyl sites for hydroxylation is 1. The van der Waals surface area contributed by atoms with Gasteiger partial charge < -0.3 is 14.7 Å². The van der Waals surface area contributed by atoms with Gasteiger partial charge in [-0.05, 0) is 44.4 Å². The van der Waals surface area contributed by atoms with Crippen LogP contribution >= 0.6 is 0 Å². The third-order valence-electron chi connectivity index (χ3n) is 3.29. The van der Waals surface area contributed by atoms with E-state index < -0.39 is 0 Å². The van der Waals surface area contributed by atoms with Crippen LogP contribution in [0.5, 0.6) is 5.75 Å². The van der Waals surface area contributed by atoms with Gasteiger partial charge in [-0.2, -0.15) is 0 Å². The fourth-order valence-corrected chi connectivity index (χ4v) is 2.10. The molecule has 0 heterocycles. The van der Waals surface area contributed by atoms with Gasteiger partial charge in [0.2, 0.25) is 5.91 Å². The van der Waals surface area contributed by atoms with E-state index in [1.807, 2.05) is 43.0 Å². The van der Waals surface area contributed by atoms with E-state index in [0.717, 1.165) is 17.7 Å². The summed E-state index contributed by atoms with van der Waals surface area (Å²) in [5.41, 5.74) is 1.13. The molecule has 1 amide bonds. The van der Waals surface area contributed by atoms with Crippen LogP contribution in [-0.4, -0.2) is 42.2 Å². The molecule has 1 rings (SSSR count). The molecule has 1 aromatic carbocycles. The highest BCUT2D eigenvalue weighted by molar-refractivity contribution is 5.76. The Morgan fingerprint density at radius 3 is 2.45 bits per heavy atom. The number of amides is 1. The maximum absolute atomic E-state index is 12.2. The van der Waals surface area contributed by atoms with Crippen LogP contribution < -0.4 is 4.74 Å². The molecule has 0 spiro atoms. The predicted octanol–water partition coefficient (Wildman–Crippen LogP) is 2.25. The number of carbonyl (C=O) groups is 1. The molecule has 4 heteroatoms. The first kappa shape index (κ1) is 16.5. The normalized spacial score (nSPS) is 10.7. The molecule has 0 bridgehead atoms. The second-order valence-electron chi connectivity index (χ2n) is 5.11. The molecule has 0 aliphatic heterocycles. The molecule has 0 radical (unpaired) electrons. The van der Waals surface area contributed by atoms with Crippen molar-refractivity contribution in [1.29, 1.82) is 0 Å². The highest BCUT2D eigenvalue weighted by atomic mass is 16.5. The van der Waals surface area contributed by atoms with Crippen molar-refractivity contribution >= 4 is 5.91 Å². The molecule has 1 N–H and O–H groups in total. The van der Waals surface area contributed by atoms with Crippen LogP contribution in [0.3, 0.4) is 0 Å². The van der Waals surface area contributed by atoms with Gasteiger partial charge >= 0.3 is 0 Å². The summed E-state index contributed by atoms with van der Waals surface area (Å²) in [6, 6.07) is 7.96. The Morgan fingerprint density at radius 1 is 1.30 bits per heavy atom. The minimum Gasteiger partial charge on any atom is -0.497 e. The molecule has 0 aromatic heterocycles. The summed E-state index contributed by atoms with van der Waals surface area (Å²) in [4.78, 5) is 14.0. The molecular weight excluding hydrogens is 254 g/mol. The lowest BCUT2D eigenvalue weighted by Crippen LogP contribution is -2.38. The predicted molar refractivity (Wildman–Crippen MR) is 79.9 cm³/mol. The SMILES string of the molecule is COc1ccc(CCC(=O)N(CCCO)C(C)C)cc1. The smallest absolute Gasteiger partial charge is 0.223 e. The molecule has 0 atom stereocenters. The van der Waals surface area contributed by atoms with Gasteiger partial charge in [0.15, 0.2) is 0 Å². The Kier molecular flexibility index (Phi) is 7.09. The van der Waals surface area contributed by atoms with Crippen molar-refractivity contribution < 1.29 is 14.6 Å². The van der Waals surface area contributed by atoms with Gasteiger partial charge in [0.05, 0.1) is 7.11 Å². The second kappa shape index (κ2) is 8.59. The zero-order chi connectivity index (χ0) is 15.0. The lowest BCUT2D eigenvalue weighted by molar-refractivity contribution is -0.133. The first-order valence-corrected chi connectivity index (χ1v) is 7.11. The topological polar surface area (TPSA) is 49.8 Å². The van der Waals surface area contributed by atoms with E-state index in [9.17, 15) is 4.79 Å². The van der Waals surface area contributed by atoms with Crippen LogP contribution in [0.15, 0.2) is 24.3 Å². The fourth-order valence-electron chi connectivity index (χ4n) is 2.10. The minimum atomic E-state index is 0.120. The lowest BCUT2D eigenvalue weighted by atomic mass is 10.1. The Morgan fingerprint density at radius 2 is 1.95 bits per heavy atom. The van der Waals surface area contributed by atoms with Crippen molar-refractivity contribution in [2.45, 2.75) is 39.2 Å². The van der Waals surface area contributed by atoms with Gasteiger partial charge in [-0.25, -0.2) is 0 Å². The van der Waals surface area contributed by atoms with Crippen LogP contribution in [-0.2, 0) is 11.2 Å². The molecule has 4 nitrogen and oxygen atoms in total. The van der Waals surface area contributed by atoms with Crippen molar-refractivity contribution in [3.05, 3.63) is 29.8 Å². The minimum absolute atomic E-state index is 0.120. The monoisotopic (exact) mass is 279 g/mol. The van der Waals surface area contributed by atoms with Crippen LogP contribution in [0, 0.1) is 0 Å². The van der Waals surface area contributed by atoms with Crippen LogP contribution in [0.4, 0.5) is 0 Å². The van der Waals surface area contributed by atoms with Gasteiger partial charge in [0.1, 0.15) is 5.75 Å². The Balaban J connectivity index is 2.50. The van der Waals surface area contributed by atoms with E-state index in [2.05, 4.69) is 0 Å². The maximum atomic E-state index is 12.2. The number of nitrogens with zero attached hydrogens (tertiary/aromatic N) is 1. The van der Waals surface area contributed by atoms with Gasteiger partial charge in [-0.3, -0.25) is 4.79 Å². The average Bonchev–Trinajstić information content (AvgIpc) is 2.45. The zero-order valence-corrected chi connectivity index (χ0v) is 12.6. The Hall–Kier alpha value is -1.55. The summed E-state index contributed by atoms with van der Waals surface area (Å²) in [6.07, 6.45) is 1.85. The summed E-state index contributed by atoms with van der Waals surface area (Å²) in [6.45, 7) is 4.75. The fraction of sp³-hybridized carbons (Fsp3) is 0.562. The first-order chi connectivity index (χ1) is 9.58. The van der Waals surface area contributed by atoms with Gasteiger partial charge in [0, 0.05) is 25.6 Å². The lowest BCUT2D eigenvalue weighted by Gasteiger charge is -2.26. The largest absolute Gasteiger partial charge is 0.497 e. The van der Waals surface area contributed by atoms with Crippen molar-refractivity contribution in [2.24, 2.45) is 0 Å². The highest BCUT2D eigenvalue weighted by Gasteiger charge is 2.15. The number of aliphatic hydroxyl groups is 1. The molecule has 0 unspecified atom stereocenters. The molecule has 0 aliphatic rings. The third kappa shape index (κ3) is 5.21. The average molecular weight is 279 g/mol. The van der Waals surface area contributed by atoms with Crippen LogP contribution in [0.2, 0.25) is 0 Å². The summed E-state index contributed by atoms with van der Waals surface area (Å²) in [5.74, 6) is 0.969. The Bertz CT molecular complexity index is 401. The molecule has 112 valence electrons. The quantitative estimate of drug-likeness (QED) is 0.794. The van der Waals surface area contributed by atoms with Crippen LogP contribution in [0.25, 0.3) is 0 Å². The summed E-state index contributed by atoms with van der Waals surface area (Å²) in [7, 11) is 1.64. The number of rotatable bonds is 8. The van der Waals surface area contributed by atoms with Gasteiger partial charge in [-0.15, -0.1) is 0 Å². The van der Waals surface area contributed by atoms with Crippen molar-refractivity contribution in [3.63, 3.8) is 0 Å². The standard InChI is InChI=1S/C16H25NO3/c1-13(2)17(11-4-12-18)16(19)10-7-14-5-8-15(20-3)9-6-14/h5-6,8-9,13,18H,4,7,10-12H2,1-3H3. The van der Waals surface area contributed by atoms with E-state index in [1.165, 1.54) is 0 Å². The van der Waals surface area contributed by atoms with Crippen molar-refractivity contribution in [2.75, 3.05) is 20.3 Å². The number of aliphatic hydroxyl groups excluding tert-OH is 1. The summed E-state index contributed by atoms with van der Waals surface area (Å²) < 4.78 is 5.11. The number of methoxy groups -OCH3 is 1. The number of ether oxygens (including phenoxy) is 1.